The van der Waals surface area contributed by atoms with Crippen molar-refractivity contribution in [3.05, 3.63) is 46.5 Å². The van der Waals surface area contributed by atoms with Gasteiger partial charge in [0, 0.05) is 30.3 Å². The molecule has 2 aromatic rings. The number of nitrogens with zero attached hydrogens (tertiary/aromatic N) is 1. The van der Waals surface area contributed by atoms with Gasteiger partial charge in [-0.25, -0.2) is 0 Å². The molecule has 2 aliphatic rings. The lowest BCUT2D eigenvalue weighted by molar-refractivity contribution is 0.156. The Morgan fingerprint density at radius 3 is 2.08 bits per heavy atom. The monoisotopic (exact) mass is 355 g/mol. The molecule has 0 amide bonds. The Bertz CT molecular complexity index is 833. The lowest BCUT2D eigenvalue weighted by Crippen LogP contribution is -2.39. The van der Waals surface area contributed by atoms with Gasteiger partial charge in [0.05, 0.1) is 28.4 Å². The van der Waals surface area contributed by atoms with Gasteiger partial charge in [0.15, 0.2) is 11.5 Å². The maximum absolute atomic E-state index is 5.64. The van der Waals surface area contributed by atoms with E-state index < -0.39 is 0 Å². The van der Waals surface area contributed by atoms with E-state index in [4.69, 9.17) is 18.9 Å². The smallest absolute Gasteiger partial charge is 0.161 e. The Balaban J connectivity index is 1.80. The molecule has 0 spiro atoms. The Morgan fingerprint density at radius 2 is 1.42 bits per heavy atom. The zero-order chi connectivity index (χ0) is 18.3. The Hall–Kier alpha value is -2.40. The molecule has 1 atom stereocenters. The van der Waals surface area contributed by atoms with E-state index in [0.717, 1.165) is 48.9 Å². The molecule has 0 fully saturated rings. The predicted molar refractivity (Wildman–Crippen MR) is 99.7 cm³/mol. The quantitative estimate of drug-likeness (QED) is 0.841. The van der Waals surface area contributed by atoms with Crippen LogP contribution in [0.2, 0.25) is 0 Å². The largest absolute Gasteiger partial charge is 0.496 e. The number of benzene rings is 2. The third-order valence-corrected chi connectivity index (χ3v) is 5.66. The van der Waals surface area contributed by atoms with Crippen LogP contribution >= 0.6 is 0 Å². The second-order valence-electron chi connectivity index (χ2n) is 6.77. The molecule has 2 aliphatic heterocycles. The molecular formula is C21H25NO4. The van der Waals surface area contributed by atoms with Crippen molar-refractivity contribution in [2.24, 2.45) is 0 Å². The van der Waals surface area contributed by atoms with Crippen molar-refractivity contribution in [1.82, 2.24) is 4.90 Å². The summed E-state index contributed by atoms with van der Waals surface area (Å²) in [4.78, 5) is 2.53. The van der Waals surface area contributed by atoms with Crippen molar-refractivity contribution in [2.75, 3.05) is 35.0 Å². The molecule has 0 N–H and O–H groups in total. The van der Waals surface area contributed by atoms with Crippen LogP contribution in [0.4, 0.5) is 0 Å². The Labute approximate surface area is 154 Å². The molecule has 5 heteroatoms. The molecule has 0 aliphatic carbocycles. The fraction of sp³-hybridized carbons (Fsp3) is 0.429. The average Bonchev–Trinajstić information content (AvgIpc) is 2.70. The summed E-state index contributed by atoms with van der Waals surface area (Å²) in [5.41, 5.74) is 5.15. The van der Waals surface area contributed by atoms with Gasteiger partial charge < -0.3 is 18.9 Å². The number of hydrogen-bond acceptors (Lipinski definition) is 5. The minimum absolute atomic E-state index is 0.312. The second kappa shape index (κ2) is 6.72. The molecule has 2 heterocycles. The molecule has 5 nitrogen and oxygen atoms in total. The van der Waals surface area contributed by atoms with Crippen LogP contribution in [0.3, 0.4) is 0 Å². The van der Waals surface area contributed by atoms with Crippen LogP contribution in [-0.4, -0.2) is 39.9 Å². The lowest BCUT2D eigenvalue weighted by atomic mass is 9.83. The van der Waals surface area contributed by atoms with E-state index in [1.807, 2.05) is 12.1 Å². The standard InChI is InChI=1S/C21H25NO4/c1-23-18-5-6-19(24-2)16-12-22-8-7-13-9-20(25-3)21(26-4)11-14(13)17(22)10-15(16)18/h5-6,9,11,17H,7-8,10,12H2,1-4H3. The van der Waals surface area contributed by atoms with E-state index in [1.54, 1.807) is 28.4 Å². The summed E-state index contributed by atoms with van der Waals surface area (Å²) in [6.45, 7) is 1.89. The third kappa shape index (κ3) is 2.58. The average molecular weight is 355 g/mol. The van der Waals surface area contributed by atoms with Crippen molar-refractivity contribution in [2.45, 2.75) is 25.4 Å². The Kier molecular flexibility index (Phi) is 4.41. The highest BCUT2D eigenvalue weighted by Gasteiger charge is 2.35. The maximum atomic E-state index is 5.64. The van der Waals surface area contributed by atoms with E-state index in [9.17, 15) is 0 Å². The van der Waals surface area contributed by atoms with Gasteiger partial charge in [0.1, 0.15) is 11.5 Å². The summed E-state index contributed by atoms with van der Waals surface area (Å²) in [6, 6.07) is 8.59. The SMILES string of the molecule is COc1cc2c(cc1OC)C1Cc3c(OC)ccc(OC)c3CN1CC2. The van der Waals surface area contributed by atoms with Crippen LogP contribution in [0.5, 0.6) is 23.0 Å². The highest BCUT2D eigenvalue weighted by molar-refractivity contribution is 5.54. The van der Waals surface area contributed by atoms with Gasteiger partial charge in [-0.15, -0.1) is 0 Å². The zero-order valence-electron chi connectivity index (χ0n) is 15.8. The molecule has 0 saturated heterocycles. The maximum Gasteiger partial charge on any atom is 0.161 e. The highest BCUT2D eigenvalue weighted by Crippen LogP contribution is 2.46. The van der Waals surface area contributed by atoms with Gasteiger partial charge in [0.25, 0.3) is 0 Å². The molecule has 0 bridgehead atoms. The molecular weight excluding hydrogens is 330 g/mol. The molecule has 4 rings (SSSR count). The second-order valence-corrected chi connectivity index (χ2v) is 6.77. The van der Waals surface area contributed by atoms with Gasteiger partial charge in [-0.2, -0.15) is 0 Å². The molecule has 0 radical (unpaired) electrons. The van der Waals surface area contributed by atoms with Gasteiger partial charge in [-0.1, -0.05) is 0 Å². The first kappa shape index (κ1) is 17.0. The normalized spacial score (nSPS) is 18.4. The van der Waals surface area contributed by atoms with Crippen molar-refractivity contribution >= 4 is 0 Å². The molecule has 0 saturated carbocycles. The molecule has 138 valence electrons. The van der Waals surface area contributed by atoms with Crippen molar-refractivity contribution in [3.8, 4) is 23.0 Å². The van der Waals surface area contributed by atoms with Crippen molar-refractivity contribution < 1.29 is 18.9 Å². The van der Waals surface area contributed by atoms with E-state index >= 15 is 0 Å². The van der Waals surface area contributed by atoms with E-state index in [0.29, 0.717) is 6.04 Å². The van der Waals surface area contributed by atoms with Crippen LogP contribution in [0.1, 0.15) is 28.3 Å². The lowest BCUT2D eigenvalue weighted by Gasteiger charge is -2.42. The van der Waals surface area contributed by atoms with E-state index in [1.165, 1.54) is 22.3 Å². The van der Waals surface area contributed by atoms with Crippen molar-refractivity contribution in [1.29, 1.82) is 0 Å². The minimum atomic E-state index is 0.312. The highest BCUT2D eigenvalue weighted by atomic mass is 16.5. The van der Waals surface area contributed by atoms with Gasteiger partial charge in [-0.05, 0) is 48.2 Å². The topological polar surface area (TPSA) is 40.2 Å². The van der Waals surface area contributed by atoms with E-state index in [-0.39, 0.29) is 0 Å². The summed E-state index contributed by atoms with van der Waals surface area (Å²) in [6.07, 6.45) is 1.91. The number of fused-ring (bicyclic) bond motifs is 4. The third-order valence-electron chi connectivity index (χ3n) is 5.66. The summed E-state index contributed by atoms with van der Waals surface area (Å²) in [7, 11) is 6.84. The Morgan fingerprint density at radius 1 is 0.808 bits per heavy atom. The molecule has 0 aromatic heterocycles. The number of methoxy groups -OCH3 is 4. The van der Waals surface area contributed by atoms with E-state index in [2.05, 4.69) is 17.0 Å². The van der Waals surface area contributed by atoms with Gasteiger partial charge in [-0.3, -0.25) is 4.90 Å². The van der Waals surface area contributed by atoms with Crippen LogP contribution < -0.4 is 18.9 Å². The van der Waals surface area contributed by atoms with Crippen LogP contribution in [0.15, 0.2) is 24.3 Å². The van der Waals surface area contributed by atoms with Gasteiger partial charge in [0.2, 0.25) is 0 Å². The number of ether oxygens (including phenoxy) is 4. The van der Waals surface area contributed by atoms with Crippen LogP contribution in [-0.2, 0) is 19.4 Å². The summed E-state index contributed by atoms with van der Waals surface area (Å²) >= 11 is 0. The molecule has 1 unspecified atom stereocenters. The van der Waals surface area contributed by atoms with Crippen LogP contribution in [0.25, 0.3) is 0 Å². The summed E-state index contributed by atoms with van der Waals surface area (Å²) in [5, 5.41) is 0. The fourth-order valence-electron chi connectivity index (χ4n) is 4.33. The van der Waals surface area contributed by atoms with Gasteiger partial charge >= 0.3 is 0 Å². The minimum Gasteiger partial charge on any atom is -0.496 e. The number of hydrogen-bond donors (Lipinski definition) is 0. The first-order valence-corrected chi connectivity index (χ1v) is 8.91. The van der Waals surface area contributed by atoms with Crippen molar-refractivity contribution in [3.63, 3.8) is 0 Å². The fourth-order valence-corrected chi connectivity index (χ4v) is 4.33. The summed E-state index contributed by atoms with van der Waals surface area (Å²) < 4.78 is 22.3. The molecule has 2 aromatic carbocycles. The predicted octanol–water partition coefficient (Wildman–Crippen LogP) is 3.38. The zero-order valence-corrected chi connectivity index (χ0v) is 15.8. The molecule has 26 heavy (non-hydrogen) atoms. The first-order chi connectivity index (χ1) is 12.7. The number of rotatable bonds is 4. The van der Waals surface area contributed by atoms with Crippen LogP contribution in [0, 0.1) is 0 Å². The first-order valence-electron chi connectivity index (χ1n) is 8.91. The summed E-state index contributed by atoms with van der Waals surface area (Å²) in [5.74, 6) is 3.47.